The molecule has 168 valence electrons. The molecule has 0 radical (unpaired) electrons. The van der Waals surface area contributed by atoms with Gasteiger partial charge in [0.05, 0.1) is 23.1 Å². The Labute approximate surface area is 186 Å². The molecule has 0 aliphatic carbocycles. The molecule has 1 atom stereocenters. The Morgan fingerprint density at radius 2 is 1.84 bits per heavy atom. The monoisotopic (exact) mass is 437 g/mol. The van der Waals surface area contributed by atoms with Gasteiger partial charge in [-0.25, -0.2) is 9.78 Å². The molecule has 9 nitrogen and oxygen atoms in total. The van der Waals surface area contributed by atoms with E-state index in [1.165, 1.54) is 0 Å². The Balaban J connectivity index is 1.70. The number of carboxylic acids is 1. The van der Waals surface area contributed by atoms with Crippen LogP contribution in [0.4, 0.5) is 5.69 Å². The number of carbonyl (C=O) groups excluding carboxylic acids is 1. The van der Waals surface area contributed by atoms with Crippen molar-refractivity contribution in [2.45, 2.75) is 13.0 Å². The zero-order valence-electron chi connectivity index (χ0n) is 18.2. The van der Waals surface area contributed by atoms with Gasteiger partial charge in [-0.3, -0.25) is 14.3 Å². The number of nitrogens with two attached hydrogens (primary N) is 1. The first kappa shape index (κ1) is 21.8. The third-order valence-corrected chi connectivity index (χ3v) is 5.85. The molecular formula is C23H27N5O4. The number of anilines is 1. The maximum absolute atomic E-state index is 11.4. The zero-order valence-corrected chi connectivity index (χ0v) is 18.2. The molecule has 3 aromatic rings. The van der Waals surface area contributed by atoms with Crippen molar-refractivity contribution in [2.24, 2.45) is 5.73 Å². The second-order valence-electron chi connectivity index (χ2n) is 7.94. The number of fused-ring (bicyclic) bond motifs is 1. The van der Waals surface area contributed by atoms with Crippen LogP contribution in [0.5, 0.6) is 0 Å². The lowest BCUT2D eigenvalue weighted by atomic mass is 10.2. The molecule has 0 spiro atoms. The number of methoxy groups -OCH3 is 1. The number of hydrogen-bond acceptors (Lipinski definition) is 6. The molecule has 2 aromatic carbocycles. The van der Waals surface area contributed by atoms with Gasteiger partial charge < -0.3 is 20.5 Å². The number of aromatic nitrogens is 2. The molecule has 0 saturated carbocycles. The van der Waals surface area contributed by atoms with E-state index in [-0.39, 0.29) is 24.1 Å². The summed E-state index contributed by atoms with van der Waals surface area (Å²) in [7, 11) is 1.62. The second-order valence-corrected chi connectivity index (χ2v) is 7.94. The Morgan fingerprint density at radius 1 is 1.12 bits per heavy atom. The van der Waals surface area contributed by atoms with E-state index >= 15 is 0 Å². The van der Waals surface area contributed by atoms with Gasteiger partial charge in [-0.1, -0.05) is 6.07 Å². The van der Waals surface area contributed by atoms with Crippen molar-refractivity contribution in [1.82, 2.24) is 14.5 Å². The van der Waals surface area contributed by atoms with Gasteiger partial charge >= 0.3 is 5.97 Å². The minimum absolute atomic E-state index is 0.196. The fraction of sp³-hybridized carbons (Fsp3) is 0.348. The van der Waals surface area contributed by atoms with Crippen molar-refractivity contribution in [1.29, 1.82) is 0 Å². The van der Waals surface area contributed by atoms with Gasteiger partial charge in [0.1, 0.15) is 11.9 Å². The normalized spacial score (nSPS) is 15.8. The number of amides is 1. The zero-order chi connectivity index (χ0) is 22.8. The first-order valence-corrected chi connectivity index (χ1v) is 10.5. The fourth-order valence-electron chi connectivity index (χ4n) is 4.09. The van der Waals surface area contributed by atoms with Gasteiger partial charge in [-0.05, 0) is 43.3 Å². The summed E-state index contributed by atoms with van der Waals surface area (Å²) >= 11 is 0. The van der Waals surface area contributed by atoms with Crippen LogP contribution in [0.3, 0.4) is 0 Å². The third-order valence-electron chi connectivity index (χ3n) is 5.85. The minimum Gasteiger partial charge on any atom is -0.478 e. The van der Waals surface area contributed by atoms with Crippen molar-refractivity contribution in [3.05, 3.63) is 53.9 Å². The van der Waals surface area contributed by atoms with E-state index in [0.29, 0.717) is 11.3 Å². The molecule has 3 N–H and O–H groups in total. The number of imidazole rings is 1. The van der Waals surface area contributed by atoms with Crippen LogP contribution in [0.25, 0.3) is 16.7 Å². The largest absolute Gasteiger partial charge is 0.478 e. The molecule has 1 unspecified atom stereocenters. The van der Waals surface area contributed by atoms with Crippen molar-refractivity contribution in [2.75, 3.05) is 44.7 Å². The number of benzene rings is 2. The standard InChI is InChI=1S/C23H27N5O4/c1-15(32-2)22-25-19-12-16(23(30)31)6-7-20(19)28(22)18-5-3-4-17(13-18)27-10-8-26(9-11-27)14-21(24)29/h3-7,12-13,15H,8-11,14H2,1-2H3,(H2,24,29)(H,30,31). The van der Waals surface area contributed by atoms with Crippen LogP contribution < -0.4 is 10.6 Å². The lowest BCUT2D eigenvalue weighted by Gasteiger charge is -2.35. The molecule has 9 heteroatoms. The lowest BCUT2D eigenvalue weighted by molar-refractivity contribution is -0.119. The lowest BCUT2D eigenvalue weighted by Crippen LogP contribution is -2.48. The topological polar surface area (TPSA) is 114 Å². The van der Waals surface area contributed by atoms with Crippen LogP contribution in [0.2, 0.25) is 0 Å². The van der Waals surface area contributed by atoms with E-state index in [4.69, 9.17) is 15.5 Å². The summed E-state index contributed by atoms with van der Waals surface area (Å²) in [5.74, 6) is -0.591. The highest BCUT2D eigenvalue weighted by Gasteiger charge is 2.21. The Morgan fingerprint density at radius 3 is 2.50 bits per heavy atom. The van der Waals surface area contributed by atoms with Gasteiger partial charge in [0.25, 0.3) is 0 Å². The van der Waals surface area contributed by atoms with Crippen LogP contribution in [0, 0.1) is 0 Å². The van der Waals surface area contributed by atoms with Crippen LogP contribution in [0.1, 0.15) is 29.2 Å². The molecule has 2 heterocycles. The van der Waals surface area contributed by atoms with Crippen molar-refractivity contribution in [3.8, 4) is 5.69 Å². The highest BCUT2D eigenvalue weighted by atomic mass is 16.5. The Kier molecular flexibility index (Phi) is 6.11. The van der Waals surface area contributed by atoms with E-state index in [0.717, 1.165) is 43.1 Å². The van der Waals surface area contributed by atoms with Crippen LogP contribution >= 0.6 is 0 Å². The SMILES string of the molecule is COC(C)c1nc2cc(C(=O)O)ccc2n1-c1cccc(N2CCN(CC(N)=O)CC2)c1. The third kappa shape index (κ3) is 4.30. The molecule has 32 heavy (non-hydrogen) atoms. The van der Waals surface area contributed by atoms with Crippen molar-refractivity contribution in [3.63, 3.8) is 0 Å². The number of carboxylic acid groups (broad SMARTS) is 1. The summed E-state index contributed by atoms with van der Waals surface area (Å²) in [6.07, 6.45) is -0.281. The fourth-order valence-corrected chi connectivity index (χ4v) is 4.09. The molecule has 1 aliphatic rings. The predicted octanol–water partition coefficient (Wildman–Crippen LogP) is 2.04. The summed E-state index contributed by atoms with van der Waals surface area (Å²) < 4.78 is 7.56. The molecular weight excluding hydrogens is 410 g/mol. The van der Waals surface area contributed by atoms with Gasteiger partial charge in [-0.15, -0.1) is 0 Å². The second kappa shape index (κ2) is 8.97. The number of carbonyl (C=O) groups is 2. The smallest absolute Gasteiger partial charge is 0.335 e. The molecule has 1 aliphatic heterocycles. The number of primary amides is 1. The number of nitrogens with zero attached hydrogens (tertiary/aromatic N) is 4. The first-order chi connectivity index (χ1) is 15.4. The number of hydrogen-bond donors (Lipinski definition) is 2. The van der Waals surface area contributed by atoms with Crippen LogP contribution in [-0.4, -0.2) is 71.3 Å². The van der Waals surface area contributed by atoms with Gasteiger partial charge in [0.2, 0.25) is 5.91 Å². The maximum Gasteiger partial charge on any atom is 0.335 e. The highest BCUT2D eigenvalue weighted by Crippen LogP contribution is 2.29. The summed E-state index contributed by atoms with van der Waals surface area (Å²) in [5.41, 5.74) is 8.93. The molecule has 1 saturated heterocycles. The first-order valence-electron chi connectivity index (χ1n) is 10.5. The van der Waals surface area contributed by atoms with Gasteiger partial charge in [0, 0.05) is 44.7 Å². The van der Waals surface area contributed by atoms with Gasteiger partial charge in [0.15, 0.2) is 0 Å². The summed E-state index contributed by atoms with van der Waals surface area (Å²) in [6.45, 7) is 5.33. The molecule has 1 amide bonds. The maximum atomic E-state index is 11.4. The van der Waals surface area contributed by atoms with E-state index in [2.05, 4.69) is 21.9 Å². The Hall–Kier alpha value is -3.43. The quantitative estimate of drug-likeness (QED) is 0.581. The Bertz CT molecular complexity index is 1150. The number of rotatable bonds is 7. The average Bonchev–Trinajstić information content (AvgIpc) is 3.17. The van der Waals surface area contributed by atoms with Crippen LogP contribution in [0.15, 0.2) is 42.5 Å². The van der Waals surface area contributed by atoms with E-state index in [1.54, 1.807) is 25.3 Å². The number of aromatic carboxylic acids is 1. The van der Waals surface area contributed by atoms with Crippen molar-refractivity contribution < 1.29 is 19.4 Å². The average molecular weight is 438 g/mol. The van der Waals surface area contributed by atoms with E-state index < -0.39 is 5.97 Å². The molecule has 1 aromatic heterocycles. The molecule has 1 fully saturated rings. The molecule has 0 bridgehead atoms. The van der Waals surface area contributed by atoms with E-state index in [1.807, 2.05) is 23.6 Å². The number of ether oxygens (including phenoxy) is 1. The summed E-state index contributed by atoms with van der Waals surface area (Å²) in [6, 6.07) is 13.1. The van der Waals surface area contributed by atoms with E-state index in [9.17, 15) is 14.7 Å². The van der Waals surface area contributed by atoms with Crippen molar-refractivity contribution >= 4 is 28.6 Å². The molecule has 4 rings (SSSR count). The predicted molar refractivity (Wildman–Crippen MR) is 121 cm³/mol. The highest BCUT2D eigenvalue weighted by molar-refractivity contribution is 5.93. The minimum atomic E-state index is -0.986. The summed E-state index contributed by atoms with van der Waals surface area (Å²) in [5, 5.41) is 9.35. The van der Waals surface area contributed by atoms with Gasteiger partial charge in [-0.2, -0.15) is 0 Å². The van der Waals surface area contributed by atoms with Crippen LogP contribution in [-0.2, 0) is 9.53 Å². The summed E-state index contributed by atoms with van der Waals surface area (Å²) in [4.78, 5) is 31.6. The number of piperazine rings is 1.